The highest BCUT2D eigenvalue weighted by molar-refractivity contribution is 7.93. The Morgan fingerprint density at radius 2 is 1.41 bits per heavy atom. The van der Waals surface area contributed by atoms with Crippen LogP contribution in [0.3, 0.4) is 0 Å². The SMILES string of the molecule is CN1C(=C2C(=O)c3ccccc3N2S(=O)(=O)c2ccccc2)Oc2ccccc21. The zero-order valence-electron chi connectivity index (χ0n) is 15.4. The number of ketones is 1. The normalized spacial score (nSPS) is 17.9. The van der Waals surface area contributed by atoms with E-state index in [1.165, 1.54) is 12.1 Å². The second-order valence-electron chi connectivity index (χ2n) is 6.71. The lowest BCUT2D eigenvalue weighted by Crippen LogP contribution is -2.33. The number of hydrogen-bond acceptors (Lipinski definition) is 5. The number of hydrogen-bond donors (Lipinski definition) is 0. The van der Waals surface area contributed by atoms with Crippen LogP contribution in [0.4, 0.5) is 11.4 Å². The number of benzene rings is 3. The van der Waals surface area contributed by atoms with Crippen LogP contribution in [0.1, 0.15) is 10.4 Å². The molecule has 0 saturated carbocycles. The molecule has 5 rings (SSSR count). The Kier molecular flexibility index (Phi) is 3.75. The Balaban J connectivity index is 1.77. The minimum Gasteiger partial charge on any atom is -0.436 e. The topological polar surface area (TPSA) is 66.9 Å². The summed E-state index contributed by atoms with van der Waals surface area (Å²) < 4.78 is 34.1. The molecule has 144 valence electrons. The van der Waals surface area contributed by atoms with Gasteiger partial charge >= 0.3 is 0 Å². The lowest BCUT2D eigenvalue weighted by Gasteiger charge is -2.23. The molecule has 3 aromatic rings. The van der Waals surface area contributed by atoms with Crippen LogP contribution in [0, 0.1) is 0 Å². The molecule has 0 atom stereocenters. The fourth-order valence-corrected chi connectivity index (χ4v) is 5.16. The first kappa shape index (κ1) is 17.5. The highest BCUT2D eigenvalue weighted by atomic mass is 32.2. The summed E-state index contributed by atoms with van der Waals surface area (Å²) in [4.78, 5) is 15.1. The van der Waals surface area contributed by atoms with Gasteiger partial charge in [-0.2, -0.15) is 0 Å². The van der Waals surface area contributed by atoms with E-state index in [-0.39, 0.29) is 16.5 Å². The highest BCUT2D eigenvalue weighted by Crippen LogP contribution is 2.45. The van der Waals surface area contributed by atoms with Crippen LogP contribution in [0.25, 0.3) is 0 Å². The number of allylic oxidation sites excluding steroid dienone is 1. The van der Waals surface area contributed by atoms with Crippen molar-refractivity contribution in [1.82, 2.24) is 0 Å². The van der Waals surface area contributed by atoms with Gasteiger partial charge in [0, 0.05) is 12.6 Å². The van der Waals surface area contributed by atoms with Gasteiger partial charge in [0.15, 0.2) is 11.4 Å². The fourth-order valence-electron chi connectivity index (χ4n) is 3.62. The molecular formula is C22H16N2O4S. The van der Waals surface area contributed by atoms with E-state index in [4.69, 9.17) is 4.74 Å². The molecule has 2 aliphatic heterocycles. The van der Waals surface area contributed by atoms with Crippen LogP contribution in [0.2, 0.25) is 0 Å². The van der Waals surface area contributed by atoms with Gasteiger partial charge in [0.25, 0.3) is 10.0 Å². The van der Waals surface area contributed by atoms with Gasteiger partial charge in [-0.05, 0) is 36.4 Å². The van der Waals surface area contributed by atoms with Crippen LogP contribution in [0.5, 0.6) is 5.75 Å². The van der Waals surface area contributed by atoms with Crippen LogP contribution in [-0.4, -0.2) is 21.2 Å². The summed E-state index contributed by atoms with van der Waals surface area (Å²) in [5.74, 6) is 0.361. The first-order valence-corrected chi connectivity index (χ1v) is 10.4. The van der Waals surface area contributed by atoms with Crippen molar-refractivity contribution in [2.75, 3.05) is 16.3 Å². The molecule has 0 amide bonds. The van der Waals surface area contributed by atoms with Gasteiger partial charge in [-0.25, -0.2) is 12.7 Å². The van der Waals surface area contributed by atoms with Gasteiger partial charge in [-0.15, -0.1) is 0 Å². The fraction of sp³-hybridized carbons (Fsp3) is 0.0455. The number of anilines is 2. The molecule has 6 nitrogen and oxygen atoms in total. The Hall–Kier alpha value is -3.58. The molecule has 0 aromatic heterocycles. The summed E-state index contributed by atoms with van der Waals surface area (Å²) >= 11 is 0. The summed E-state index contributed by atoms with van der Waals surface area (Å²) in [5, 5.41) is 0. The third kappa shape index (κ3) is 2.48. The van der Waals surface area contributed by atoms with E-state index in [2.05, 4.69) is 0 Å². The largest absolute Gasteiger partial charge is 0.436 e. The van der Waals surface area contributed by atoms with Gasteiger partial charge in [0.1, 0.15) is 0 Å². The van der Waals surface area contributed by atoms with Crippen LogP contribution < -0.4 is 13.9 Å². The van der Waals surface area contributed by atoms with Gasteiger partial charge in [0.2, 0.25) is 11.7 Å². The predicted octanol–water partition coefficient (Wildman–Crippen LogP) is 3.78. The van der Waals surface area contributed by atoms with Crippen LogP contribution in [0.15, 0.2) is 95.3 Å². The molecule has 2 aliphatic rings. The van der Waals surface area contributed by atoms with Crippen molar-refractivity contribution in [3.8, 4) is 5.75 Å². The predicted molar refractivity (Wildman–Crippen MR) is 109 cm³/mol. The maximum Gasteiger partial charge on any atom is 0.269 e. The summed E-state index contributed by atoms with van der Waals surface area (Å²) in [5.41, 5.74) is 1.38. The second kappa shape index (κ2) is 6.22. The van der Waals surface area contributed by atoms with E-state index in [0.29, 0.717) is 17.0 Å². The molecule has 3 aromatic carbocycles. The number of carbonyl (C=O) groups excluding carboxylic acids is 1. The number of Topliss-reactive ketones (excluding diaryl/α,β-unsaturated/α-hetero) is 1. The average Bonchev–Trinajstić information content (AvgIpc) is 3.24. The Morgan fingerprint density at radius 1 is 0.793 bits per heavy atom. The monoisotopic (exact) mass is 404 g/mol. The van der Waals surface area contributed by atoms with E-state index in [0.717, 1.165) is 9.99 Å². The quantitative estimate of drug-likeness (QED) is 0.608. The molecule has 0 saturated heterocycles. The number of sulfonamides is 1. The molecule has 0 N–H and O–H groups in total. The maximum atomic E-state index is 13.6. The summed E-state index contributed by atoms with van der Waals surface area (Å²) in [6.45, 7) is 0. The number of rotatable bonds is 2. The van der Waals surface area contributed by atoms with Crippen molar-refractivity contribution in [3.63, 3.8) is 0 Å². The molecule has 0 aliphatic carbocycles. The highest BCUT2D eigenvalue weighted by Gasteiger charge is 2.45. The number of nitrogens with zero attached hydrogens (tertiary/aromatic N) is 2. The van der Waals surface area contributed by atoms with E-state index in [9.17, 15) is 13.2 Å². The number of ether oxygens (including phenoxy) is 1. The minimum absolute atomic E-state index is 0.0197. The number of carbonyl (C=O) groups is 1. The first-order chi connectivity index (χ1) is 14.0. The summed E-state index contributed by atoms with van der Waals surface area (Å²) in [6.07, 6.45) is 0. The molecular weight excluding hydrogens is 388 g/mol. The van der Waals surface area contributed by atoms with Crippen LogP contribution in [-0.2, 0) is 10.0 Å². The van der Waals surface area contributed by atoms with E-state index in [1.807, 2.05) is 18.2 Å². The van der Waals surface area contributed by atoms with E-state index < -0.39 is 15.8 Å². The van der Waals surface area contributed by atoms with Gasteiger partial charge in [-0.1, -0.05) is 42.5 Å². The molecule has 0 bridgehead atoms. The Bertz CT molecular complexity index is 1280. The van der Waals surface area contributed by atoms with Gasteiger partial charge in [0.05, 0.1) is 16.3 Å². The van der Waals surface area contributed by atoms with Gasteiger partial charge in [-0.3, -0.25) is 4.79 Å². The molecule has 2 heterocycles. The molecule has 29 heavy (non-hydrogen) atoms. The smallest absolute Gasteiger partial charge is 0.269 e. The maximum absolute atomic E-state index is 13.6. The van der Waals surface area contributed by atoms with Crippen molar-refractivity contribution in [1.29, 1.82) is 0 Å². The van der Waals surface area contributed by atoms with E-state index >= 15 is 0 Å². The van der Waals surface area contributed by atoms with Crippen molar-refractivity contribution in [2.24, 2.45) is 0 Å². The standard InChI is InChI=1S/C22H16N2O4S/c1-23-18-13-7-8-14-19(18)28-22(23)20-21(25)16-11-5-6-12-17(16)24(20)29(26,27)15-9-3-2-4-10-15/h2-14H,1H3. The zero-order valence-corrected chi connectivity index (χ0v) is 16.3. The lowest BCUT2D eigenvalue weighted by atomic mass is 10.1. The Labute approximate surface area is 168 Å². The third-order valence-corrected chi connectivity index (χ3v) is 6.74. The van der Waals surface area contributed by atoms with Crippen molar-refractivity contribution in [3.05, 3.63) is 96.0 Å². The Morgan fingerprint density at radius 3 is 2.14 bits per heavy atom. The van der Waals surface area contributed by atoms with E-state index in [1.54, 1.807) is 60.5 Å². The molecule has 0 spiro atoms. The van der Waals surface area contributed by atoms with Crippen molar-refractivity contribution >= 4 is 27.2 Å². The second-order valence-corrected chi connectivity index (χ2v) is 8.50. The lowest BCUT2D eigenvalue weighted by molar-refractivity contribution is 0.103. The molecule has 0 fully saturated rings. The molecule has 7 heteroatoms. The zero-order chi connectivity index (χ0) is 20.2. The number of fused-ring (bicyclic) bond motifs is 2. The summed E-state index contributed by atoms with van der Waals surface area (Å²) in [6, 6.07) is 22.1. The van der Waals surface area contributed by atoms with Crippen molar-refractivity contribution in [2.45, 2.75) is 4.90 Å². The van der Waals surface area contributed by atoms with Gasteiger partial charge < -0.3 is 9.64 Å². The summed E-state index contributed by atoms with van der Waals surface area (Å²) in [7, 11) is -2.29. The third-order valence-electron chi connectivity index (χ3n) is 5.01. The molecule has 0 radical (unpaired) electrons. The van der Waals surface area contributed by atoms with Crippen molar-refractivity contribution < 1.29 is 17.9 Å². The average molecular weight is 404 g/mol. The van der Waals surface area contributed by atoms with Crippen LogP contribution >= 0.6 is 0 Å². The first-order valence-electron chi connectivity index (χ1n) is 8.99. The minimum atomic E-state index is -4.03. The number of para-hydroxylation sites is 3. The molecule has 0 unspecified atom stereocenters.